The smallest absolute Gasteiger partial charge is 0.206 e. The molecule has 0 aromatic carbocycles. The highest BCUT2D eigenvalue weighted by Gasteiger charge is 2.65. The van der Waals surface area contributed by atoms with Crippen LogP contribution >= 0.6 is 27.3 Å². The van der Waals surface area contributed by atoms with Gasteiger partial charge in [-0.3, -0.25) is 0 Å². The lowest BCUT2D eigenvalue weighted by atomic mass is 10.0. The standard InChI is InChI=1S/C10H12BrN3S/c11-9-13-14-10(15-9)12-8-6-4-1-2-5(3-4)7(6)8/h4-8H,1-3H2,(H,12,14). The molecule has 3 aliphatic rings. The zero-order chi connectivity index (χ0) is 9.99. The number of nitrogens with one attached hydrogen (secondary N) is 1. The van der Waals surface area contributed by atoms with Gasteiger partial charge >= 0.3 is 0 Å². The largest absolute Gasteiger partial charge is 0.357 e. The first-order chi connectivity index (χ1) is 7.33. The number of hydrogen-bond donors (Lipinski definition) is 1. The summed E-state index contributed by atoms with van der Waals surface area (Å²) in [5.74, 6) is 3.97. The van der Waals surface area contributed by atoms with Gasteiger partial charge in [0.05, 0.1) is 0 Å². The van der Waals surface area contributed by atoms with E-state index in [0.29, 0.717) is 0 Å². The molecule has 4 rings (SSSR count). The molecule has 3 saturated carbocycles. The van der Waals surface area contributed by atoms with Gasteiger partial charge in [0.1, 0.15) is 0 Å². The molecule has 0 radical (unpaired) electrons. The van der Waals surface area contributed by atoms with Crippen LogP contribution in [-0.4, -0.2) is 16.2 Å². The van der Waals surface area contributed by atoms with Crippen LogP contribution in [0.15, 0.2) is 3.92 Å². The molecule has 4 unspecified atom stereocenters. The van der Waals surface area contributed by atoms with E-state index in [1.165, 1.54) is 19.3 Å². The van der Waals surface area contributed by atoms with Crippen LogP contribution in [0.25, 0.3) is 0 Å². The summed E-state index contributed by atoms with van der Waals surface area (Å²) in [4.78, 5) is 0. The molecular formula is C10H12BrN3S. The third kappa shape index (κ3) is 1.22. The van der Waals surface area contributed by atoms with E-state index in [2.05, 4.69) is 31.4 Å². The normalized spacial score (nSPS) is 45.5. The van der Waals surface area contributed by atoms with Crippen LogP contribution in [0.5, 0.6) is 0 Å². The van der Waals surface area contributed by atoms with Crippen molar-refractivity contribution in [2.75, 3.05) is 5.32 Å². The van der Waals surface area contributed by atoms with E-state index in [0.717, 1.165) is 38.8 Å². The van der Waals surface area contributed by atoms with Gasteiger partial charge in [0.2, 0.25) is 5.13 Å². The van der Waals surface area contributed by atoms with E-state index < -0.39 is 0 Å². The van der Waals surface area contributed by atoms with Crippen molar-refractivity contribution in [3.8, 4) is 0 Å². The zero-order valence-corrected chi connectivity index (χ0v) is 10.6. The molecule has 15 heavy (non-hydrogen) atoms. The lowest BCUT2D eigenvalue weighted by molar-refractivity contribution is 0.456. The maximum Gasteiger partial charge on any atom is 0.206 e. The SMILES string of the molecule is Brc1nnc(NC2C3C4CCC(C4)C23)s1. The number of hydrogen-bond acceptors (Lipinski definition) is 4. The molecule has 1 heterocycles. The highest BCUT2D eigenvalue weighted by atomic mass is 79.9. The summed E-state index contributed by atoms with van der Waals surface area (Å²) < 4.78 is 0.874. The lowest BCUT2D eigenvalue weighted by Gasteiger charge is -2.08. The highest BCUT2D eigenvalue weighted by molar-refractivity contribution is 9.11. The maximum atomic E-state index is 4.10. The van der Waals surface area contributed by atoms with E-state index in [9.17, 15) is 0 Å². The molecule has 3 nitrogen and oxygen atoms in total. The summed E-state index contributed by atoms with van der Waals surface area (Å²) in [5, 5.41) is 12.6. The number of anilines is 1. The molecule has 0 spiro atoms. The van der Waals surface area contributed by atoms with Crippen LogP contribution in [0.2, 0.25) is 0 Å². The average molecular weight is 286 g/mol. The van der Waals surface area contributed by atoms with Crippen molar-refractivity contribution < 1.29 is 0 Å². The zero-order valence-electron chi connectivity index (χ0n) is 8.19. The van der Waals surface area contributed by atoms with Crippen LogP contribution in [0.1, 0.15) is 19.3 Å². The predicted octanol–water partition coefficient (Wildman–Crippen LogP) is 2.76. The Hall–Kier alpha value is -0.160. The number of nitrogens with zero attached hydrogens (tertiary/aromatic N) is 2. The number of aromatic nitrogens is 2. The molecule has 3 aliphatic carbocycles. The van der Waals surface area contributed by atoms with Gasteiger partial charge in [-0.25, -0.2) is 0 Å². The van der Waals surface area contributed by atoms with Crippen molar-refractivity contribution in [1.29, 1.82) is 0 Å². The summed E-state index contributed by atoms with van der Waals surface area (Å²) >= 11 is 4.95. The first-order valence-electron chi connectivity index (χ1n) is 5.58. The van der Waals surface area contributed by atoms with Gasteiger partial charge in [0.25, 0.3) is 0 Å². The first kappa shape index (κ1) is 8.93. The average Bonchev–Trinajstić information content (AvgIpc) is 2.62. The fraction of sp³-hybridized carbons (Fsp3) is 0.800. The summed E-state index contributed by atoms with van der Waals surface area (Å²) in [6.45, 7) is 0. The van der Waals surface area contributed by atoms with E-state index in [-0.39, 0.29) is 0 Å². The van der Waals surface area contributed by atoms with Crippen LogP contribution in [0, 0.1) is 23.7 Å². The van der Waals surface area contributed by atoms with Gasteiger partial charge in [-0.05, 0) is 58.9 Å². The second-order valence-electron chi connectivity index (χ2n) is 5.02. The molecule has 4 atom stereocenters. The molecule has 80 valence electrons. The fourth-order valence-electron chi connectivity index (χ4n) is 3.92. The fourth-order valence-corrected chi connectivity index (χ4v) is 4.98. The molecule has 3 fully saturated rings. The van der Waals surface area contributed by atoms with Gasteiger partial charge in [0, 0.05) is 6.04 Å². The summed E-state index contributed by atoms with van der Waals surface area (Å²) in [5.41, 5.74) is 0. The number of rotatable bonds is 2. The van der Waals surface area contributed by atoms with Crippen LogP contribution in [0.4, 0.5) is 5.13 Å². The molecular weight excluding hydrogens is 274 g/mol. The Kier molecular flexibility index (Phi) is 1.75. The topological polar surface area (TPSA) is 37.8 Å². The highest BCUT2D eigenvalue weighted by Crippen LogP contribution is 2.66. The maximum absolute atomic E-state index is 4.10. The Labute approximate surface area is 101 Å². The van der Waals surface area contributed by atoms with Gasteiger partial charge in [-0.15, -0.1) is 10.2 Å². The molecule has 2 bridgehead atoms. The first-order valence-corrected chi connectivity index (χ1v) is 7.19. The van der Waals surface area contributed by atoms with Crippen LogP contribution in [0.3, 0.4) is 0 Å². The minimum atomic E-state index is 0.719. The van der Waals surface area contributed by atoms with E-state index >= 15 is 0 Å². The minimum absolute atomic E-state index is 0.719. The predicted molar refractivity (Wildman–Crippen MR) is 62.8 cm³/mol. The van der Waals surface area contributed by atoms with E-state index in [4.69, 9.17) is 0 Å². The third-order valence-corrected chi connectivity index (χ3v) is 5.71. The van der Waals surface area contributed by atoms with E-state index in [1.54, 1.807) is 11.3 Å². The third-order valence-electron chi connectivity index (χ3n) is 4.43. The summed E-state index contributed by atoms with van der Waals surface area (Å²) in [6, 6.07) is 0.719. The number of halogens is 1. The Bertz CT molecular complexity index is 391. The summed E-state index contributed by atoms with van der Waals surface area (Å²) in [7, 11) is 0. The molecule has 5 heteroatoms. The monoisotopic (exact) mass is 285 g/mol. The van der Waals surface area contributed by atoms with Crippen molar-refractivity contribution in [3.05, 3.63) is 3.92 Å². The second-order valence-corrected chi connectivity index (χ2v) is 7.27. The lowest BCUT2D eigenvalue weighted by Crippen LogP contribution is -2.12. The molecule has 0 amide bonds. The van der Waals surface area contributed by atoms with Crippen molar-refractivity contribution in [1.82, 2.24) is 10.2 Å². The Morgan fingerprint density at radius 1 is 1.20 bits per heavy atom. The molecule has 0 saturated heterocycles. The second kappa shape index (κ2) is 2.94. The summed E-state index contributed by atoms with van der Waals surface area (Å²) in [6.07, 6.45) is 4.46. The van der Waals surface area contributed by atoms with Gasteiger partial charge in [-0.1, -0.05) is 11.3 Å². The molecule has 1 aromatic rings. The van der Waals surface area contributed by atoms with Crippen molar-refractivity contribution in [3.63, 3.8) is 0 Å². The number of fused-ring (bicyclic) bond motifs is 5. The van der Waals surface area contributed by atoms with Gasteiger partial charge in [0.15, 0.2) is 3.92 Å². The van der Waals surface area contributed by atoms with Crippen molar-refractivity contribution in [2.45, 2.75) is 25.3 Å². The Balaban J connectivity index is 1.50. The molecule has 1 aromatic heterocycles. The molecule has 1 N–H and O–H groups in total. The van der Waals surface area contributed by atoms with Crippen molar-refractivity contribution in [2.24, 2.45) is 23.7 Å². The quantitative estimate of drug-likeness (QED) is 0.908. The van der Waals surface area contributed by atoms with Crippen LogP contribution < -0.4 is 5.32 Å². The minimum Gasteiger partial charge on any atom is -0.357 e. The van der Waals surface area contributed by atoms with Gasteiger partial charge in [-0.2, -0.15) is 0 Å². The van der Waals surface area contributed by atoms with Gasteiger partial charge < -0.3 is 5.32 Å². The van der Waals surface area contributed by atoms with Crippen LogP contribution in [-0.2, 0) is 0 Å². The Morgan fingerprint density at radius 3 is 2.53 bits per heavy atom. The van der Waals surface area contributed by atoms with Crippen molar-refractivity contribution >= 4 is 32.4 Å². The molecule has 0 aliphatic heterocycles. The Morgan fingerprint density at radius 2 is 1.93 bits per heavy atom. The van der Waals surface area contributed by atoms with E-state index in [1.807, 2.05) is 0 Å².